The van der Waals surface area contributed by atoms with E-state index in [1.54, 1.807) is 0 Å². The van der Waals surface area contributed by atoms with E-state index in [9.17, 15) is 0 Å². The van der Waals surface area contributed by atoms with Crippen LogP contribution in [0.1, 0.15) is 22.8 Å². The van der Waals surface area contributed by atoms with Crippen molar-refractivity contribution in [3.05, 3.63) is 145 Å². The number of nitrogens with zero attached hydrogens (tertiary/aromatic N) is 6. The summed E-state index contributed by atoms with van der Waals surface area (Å²) in [6.45, 7) is 0. The SMILES string of the molecule is C[n+]1ccccc1-c1c2nc(c(-c3ccccn3)c3ccc([nH]3)c(-c3ccccn3)c3nc(c(-c4cccc[n+]4C)c4ccc1[nH]4)C=C3)C=C2. The smallest absolute Gasteiger partial charge is 0.216 e. The number of hydrogen-bond donors (Lipinski definition) is 2. The van der Waals surface area contributed by atoms with Gasteiger partial charge in [0.25, 0.3) is 0 Å². The second-order valence-corrected chi connectivity index (χ2v) is 12.3. The van der Waals surface area contributed by atoms with Crippen molar-refractivity contribution in [2.75, 3.05) is 0 Å². The standard InChI is InChI=1S/C42H31N8/c1-49-25-9-5-13-37(49)41-33-19-17-31(46-33)39(27-11-3-7-23-43-27)29-15-16-30(45-29)40(28-12-4-8-24-44-28)32-18-20-34(47-32)42(36-22-21-35(41)48-36)38-14-6-10-26-50(38)2/h3-26H,1-2H3,(H,45,46,47,48)/q+1/p+1. The number of nitrogens with one attached hydrogen (secondary N) is 2. The first-order valence-corrected chi connectivity index (χ1v) is 16.5. The predicted octanol–water partition coefficient (Wildman–Crippen LogP) is 7.76. The largest absolute Gasteiger partial charge is 0.354 e. The summed E-state index contributed by atoms with van der Waals surface area (Å²) in [5.41, 5.74) is 14.5. The Morgan fingerprint density at radius 1 is 0.420 bits per heavy atom. The van der Waals surface area contributed by atoms with E-state index in [4.69, 9.17) is 19.9 Å². The van der Waals surface area contributed by atoms with Crippen LogP contribution in [0.15, 0.2) is 122 Å². The van der Waals surface area contributed by atoms with Gasteiger partial charge in [0.05, 0.1) is 67.4 Å². The number of aromatic nitrogens is 8. The summed E-state index contributed by atoms with van der Waals surface area (Å²) in [4.78, 5) is 27.8. The van der Waals surface area contributed by atoms with Crippen molar-refractivity contribution in [3.63, 3.8) is 0 Å². The third-order valence-electron chi connectivity index (χ3n) is 9.22. The van der Waals surface area contributed by atoms with Gasteiger partial charge in [0.2, 0.25) is 11.4 Å². The molecule has 2 aliphatic rings. The number of fused-ring (bicyclic) bond motifs is 8. The predicted molar refractivity (Wildman–Crippen MR) is 199 cm³/mol. The van der Waals surface area contributed by atoms with E-state index >= 15 is 0 Å². The highest BCUT2D eigenvalue weighted by atomic mass is 14.9. The third kappa shape index (κ3) is 5.02. The molecule has 0 atom stereocenters. The summed E-state index contributed by atoms with van der Waals surface area (Å²) in [6, 6.07) is 32.9. The molecular formula is C42H32N8+2. The quantitative estimate of drug-likeness (QED) is 0.191. The zero-order chi connectivity index (χ0) is 33.6. The summed E-state index contributed by atoms with van der Waals surface area (Å²) >= 11 is 0. The minimum atomic E-state index is 0.818. The molecule has 8 nitrogen and oxygen atoms in total. The summed E-state index contributed by atoms with van der Waals surface area (Å²) in [6.07, 6.45) is 16.1. The van der Waals surface area contributed by atoms with Crippen LogP contribution in [0.2, 0.25) is 0 Å². The van der Waals surface area contributed by atoms with E-state index in [1.165, 1.54) is 0 Å². The second kappa shape index (κ2) is 12.0. The molecule has 2 aliphatic heterocycles. The highest BCUT2D eigenvalue weighted by Gasteiger charge is 2.23. The summed E-state index contributed by atoms with van der Waals surface area (Å²) < 4.78 is 4.26. The summed E-state index contributed by atoms with van der Waals surface area (Å²) in [5.74, 6) is 0. The Kier molecular flexibility index (Phi) is 7.05. The van der Waals surface area contributed by atoms with Gasteiger partial charge in [-0.15, -0.1) is 0 Å². The highest BCUT2D eigenvalue weighted by Crippen LogP contribution is 2.36. The first-order valence-electron chi connectivity index (χ1n) is 16.5. The number of aromatic amines is 2. The first kappa shape index (κ1) is 29.3. The molecule has 0 unspecified atom stereocenters. The molecule has 0 fully saturated rings. The van der Waals surface area contributed by atoms with Gasteiger partial charge >= 0.3 is 0 Å². The van der Waals surface area contributed by atoms with E-state index in [0.717, 1.165) is 89.9 Å². The molecule has 7 aromatic heterocycles. The molecule has 8 bridgehead atoms. The Labute approximate surface area is 288 Å². The maximum absolute atomic E-state index is 5.33. The molecule has 8 heteroatoms. The lowest BCUT2D eigenvalue weighted by Gasteiger charge is -2.05. The minimum absolute atomic E-state index is 0.818. The Morgan fingerprint density at radius 2 is 0.800 bits per heavy atom. The van der Waals surface area contributed by atoms with Gasteiger partial charge < -0.3 is 9.97 Å². The van der Waals surface area contributed by atoms with E-state index in [2.05, 4.69) is 118 Å². The van der Waals surface area contributed by atoms with Gasteiger partial charge in [-0.05, 0) is 85.0 Å². The fourth-order valence-corrected chi connectivity index (χ4v) is 6.87. The van der Waals surface area contributed by atoms with Crippen molar-refractivity contribution >= 4 is 46.4 Å². The zero-order valence-corrected chi connectivity index (χ0v) is 27.5. The van der Waals surface area contributed by atoms with Crippen LogP contribution in [-0.2, 0) is 14.1 Å². The van der Waals surface area contributed by atoms with Crippen LogP contribution in [-0.4, -0.2) is 29.9 Å². The molecule has 7 aromatic rings. The first-order chi connectivity index (χ1) is 24.6. The number of H-pyrrole nitrogens is 2. The van der Waals surface area contributed by atoms with E-state index < -0.39 is 0 Å². The normalized spacial score (nSPS) is 12.0. The Morgan fingerprint density at radius 3 is 1.18 bits per heavy atom. The summed E-state index contributed by atoms with van der Waals surface area (Å²) in [5, 5.41) is 0. The van der Waals surface area contributed by atoms with Crippen molar-refractivity contribution in [3.8, 4) is 45.0 Å². The van der Waals surface area contributed by atoms with E-state index in [-0.39, 0.29) is 0 Å². The Balaban J connectivity index is 1.50. The van der Waals surface area contributed by atoms with Crippen molar-refractivity contribution in [1.29, 1.82) is 0 Å². The van der Waals surface area contributed by atoms with Crippen LogP contribution in [0, 0.1) is 0 Å². The zero-order valence-electron chi connectivity index (χ0n) is 27.5. The molecule has 0 saturated heterocycles. The lowest BCUT2D eigenvalue weighted by Crippen LogP contribution is -2.30. The van der Waals surface area contributed by atoms with Gasteiger partial charge in [0.1, 0.15) is 14.1 Å². The highest BCUT2D eigenvalue weighted by molar-refractivity contribution is 5.98. The fourth-order valence-electron chi connectivity index (χ4n) is 6.87. The van der Waals surface area contributed by atoms with Crippen LogP contribution in [0.4, 0.5) is 0 Å². The average molecular weight is 649 g/mol. The van der Waals surface area contributed by atoms with Crippen molar-refractivity contribution < 1.29 is 9.13 Å². The van der Waals surface area contributed by atoms with Gasteiger partial charge in [0, 0.05) is 47.8 Å². The molecular weight excluding hydrogens is 617 g/mol. The number of aryl methyl sites for hydroxylation is 2. The van der Waals surface area contributed by atoms with Crippen LogP contribution < -0.4 is 9.13 Å². The molecule has 0 spiro atoms. The average Bonchev–Trinajstić information content (AvgIpc) is 3.98. The van der Waals surface area contributed by atoms with Gasteiger partial charge in [-0.1, -0.05) is 12.1 Å². The van der Waals surface area contributed by atoms with Crippen molar-refractivity contribution in [2.24, 2.45) is 14.1 Å². The van der Waals surface area contributed by atoms with Crippen LogP contribution >= 0.6 is 0 Å². The molecule has 9 heterocycles. The number of pyridine rings is 4. The van der Waals surface area contributed by atoms with Gasteiger partial charge in [-0.2, -0.15) is 0 Å². The Bertz CT molecular complexity index is 2490. The third-order valence-corrected chi connectivity index (χ3v) is 9.22. The molecule has 0 aliphatic carbocycles. The summed E-state index contributed by atoms with van der Waals surface area (Å²) in [7, 11) is 4.13. The van der Waals surface area contributed by atoms with Crippen molar-refractivity contribution in [2.45, 2.75) is 0 Å². The molecule has 0 aromatic carbocycles. The van der Waals surface area contributed by atoms with E-state index in [0.29, 0.717) is 0 Å². The lowest BCUT2D eigenvalue weighted by atomic mass is 10.1. The van der Waals surface area contributed by atoms with Crippen LogP contribution in [0.5, 0.6) is 0 Å². The van der Waals surface area contributed by atoms with Gasteiger partial charge in [-0.3, -0.25) is 9.97 Å². The maximum Gasteiger partial charge on any atom is 0.216 e. The maximum atomic E-state index is 5.33. The van der Waals surface area contributed by atoms with Crippen molar-refractivity contribution in [1.82, 2.24) is 29.9 Å². The molecule has 0 saturated carbocycles. The molecule has 50 heavy (non-hydrogen) atoms. The van der Waals surface area contributed by atoms with E-state index in [1.807, 2.05) is 60.9 Å². The number of hydrogen-bond acceptors (Lipinski definition) is 4. The molecule has 0 radical (unpaired) electrons. The van der Waals surface area contributed by atoms with Crippen LogP contribution in [0.25, 0.3) is 91.4 Å². The van der Waals surface area contributed by atoms with Gasteiger partial charge in [-0.25, -0.2) is 19.1 Å². The monoisotopic (exact) mass is 648 g/mol. The molecule has 2 N–H and O–H groups in total. The molecule has 9 rings (SSSR count). The molecule has 238 valence electrons. The lowest BCUT2D eigenvalue weighted by molar-refractivity contribution is -0.660. The minimum Gasteiger partial charge on any atom is -0.354 e. The topological polar surface area (TPSA) is 90.9 Å². The number of rotatable bonds is 4. The Hall–Kier alpha value is -6.80. The molecule has 0 amide bonds. The van der Waals surface area contributed by atoms with Crippen LogP contribution in [0.3, 0.4) is 0 Å². The fraction of sp³-hybridized carbons (Fsp3) is 0.0476. The second-order valence-electron chi connectivity index (χ2n) is 12.3. The van der Waals surface area contributed by atoms with Gasteiger partial charge in [0.15, 0.2) is 12.4 Å².